The smallest absolute Gasteiger partial charge is 0.396 e. The molecule has 1 radical (unpaired) electrons. The van der Waals surface area contributed by atoms with E-state index in [1.807, 2.05) is 55.5 Å². The van der Waals surface area contributed by atoms with Crippen LogP contribution in [0.25, 0.3) is 0 Å². The molecule has 5 nitrogen and oxygen atoms in total. The molecule has 0 unspecified atom stereocenters. The monoisotopic (exact) mass is 339 g/mol. The summed E-state index contributed by atoms with van der Waals surface area (Å²) in [6.45, 7) is 6.20. The Morgan fingerprint density at radius 3 is 2.40 bits per heavy atom. The average Bonchev–Trinajstić information content (AvgIpc) is 2.57. The summed E-state index contributed by atoms with van der Waals surface area (Å²) >= 11 is 0. The van der Waals surface area contributed by atoms with Crippen LogP contribution >= 0.6 is 0 Å². The van der Waals surface area contributed by atoms with Gasteiger partial charge < -0.3 is 9.57 Å². The maximum Gasteiger partial charge on any atom is 0.418 e. The molecule has 0 aromatic heterocycles. The summed E-state index contributed by atoms with van der Waals surface area (Å²) in [5, 5.41) is 6.44. The Hall–Kier alpha value is -2.82. The van der Waals surface area contributed by atoms with E-state index in [-0.39, 0.29) is 5.90 Å². The molecular formula is C20H23N2O3. The van der Waals surface area contributed by atoms with E-state index >= 15 is 0 Å². The molecule has 0 atom stereocenters. The Labute approximate surface area is 148 Å². The molecule has 2 aromatic carbocycles. The van der Waals surface area contributed by atoms with Crippen LogP contribution in [0, 0.1) is 13.3 Å². The molecule has 0 spiro atoms. The molecule has 0 bridgehead atoms. The summed E-state index contributed by atoms with van der Waals surface area (Å²) in [5.41, 5.74) is 3.79. The van der Waals surface area contributed by atoms with Gasteiger partial charge in [0.15, 0.2) is 0 Å². The van der Waals surface area contributed by atoms with E-state index in [1.165, 1.54) is 12.7 Å². The number of nitrogens with one attached hydrogen (secondary N) is 1. The van der Waals surface area contributed by atoms with Gasteiger partial charge in [0.1, 0.15) is 7.11 Å². The van der Waals surface area contributed by atoms with Gasteiger partial charge in [0.2, 0.25) is 5.90 Å². The number of ether oxygens (including phenoxy) is 1. The number of carbonyl (C=O) groups is 1. The van der Waals surface area contributed by atoms with Crippen LogP contribution in [0.15, 0.2) is 53.7 Å². The van der Waals surface area contributed by atoms with Gasteiger partial charge in [-0.1, -0.05) is 55.4 Å². The molecule has 0 aliphatic rings. The third-order valence-corrected chi connectivity index (χ3v) is 3.67. The van der Waals surface area contributed by atoms with Crippen LogP contribution in [-0.4, -0.2) is 19.1 Å². The van der Waals surface area contributed by atoms with Crippen molar-refractivity contribution in [2.24, 2.45) is 5.16 Å². The van der Waals surface area contributed by atoms with Crippen LogP contribution in [0.4, 0.5) is 10.5 Å². The zero-order chi connectivity index (χ0) is 18.2. The minimum absolute atomic E-state index is 0.0769. The summed E-state index contributed by atoms with van der Waals surface area (Å²) < 4.78 is 5.25. The van der Waals surface area contributed by atoms with Crippen LogP contribution in [0.3, 0.4) is 0 Å². The Balaban J connectivity index is 2.00. The van der Waals surface area contributed by atoms with Crippen molar-refractivity contribution in [1.82, 2.24) is 0 Å². The number of amides is 1. The maximum atomic E-state index is 12.1. The quantitative estimate of drug-likeness (QED) is 0.480. The minimum atomic E-state index is -0.627. The molecule has 0 heterocycles. The molecule has 131 valence electrons. The van der Waals surface area contributed by atoms with E-state index in [0.717, 1.165) is 11.1 Å². The lowest BCUT2D eigenvalue weighted by Crippen LogP contribution is -2.19. The van der Waals surface area contributed by atoms with Crippen LogP contribution in [0.5, 0.6) is 0 Å². The second kappa shape index (κ2) is 8.87. The van der Waals surface area contributed by atoms with Crippen molar-refractivity contribution in [3.8, 4) is 0 Å². The average molecular weight is 339 g/mol. The predicted octanol–water partition coefficient (Wildman–Crippen LogP) is 4.88. The number of nitrogens with zero attached hydrogens (tertiary/aromatic N) is 1. The molecular weight excluding hydrogens is 316 g/mol. The highest BCUT2D eigenvalue weighted by molar-refractivity contribution is 5.99. The number of anilines is 1. The standard InChI is InChI=1S/C20H23N2O3/c1-14(2)16-9-11-18(12-10-16)21-20(23)25-19(22-24-4)13-17-8-6-5-7-15(17)3/h5-14H,1-4H3,(H,21,23). The lowest BCUT2D eigenvalue weighted by atomic mass is 10.0. The number of carbonyl (C=O) groups excluding carboxylic acids is 1. The van der Waals surface area contributed by atoms with Crippen LogP contribution < -0.4 is 5.32 Å². The van der Waals surface area contributed by atoms with Crippen LogP contribution in [0.1, 0.15) is 36.5 Å². The topological polar surface area (TPSA) is 59.9 Å². The summed E-state index contributed by atoms with van der Waals surface area (Å²) in [6, 6.07) is 15.4. The highest BCUT2D eigenvalue weighted by Gasteiger charge is 2.13. The van der Waals surface area contributed by atoms with E-state index in [9.17, 15) is 4.79 Å². The first-order valence-electron chi connectivity index (χ1n) is 8.10. The fraction of sp³-hybridized carbons (Fsp3) is 0.250. The molecule has 2 aromatic rings. The third-order valence-electron chi connectivity index (χ3n) is 3.67. The van der Waals surface area contributed by atoms with Gasteiger partial charge in [-0.15, -0.1) is 0 Å². The molecule has 5 heteroatoms. The van der Waals surface area contributed by atoms with Crippen molar-refractivity contribution < 1.29 is 14.4 Å². The molecule has 1 N–H and O–H groups in total. The van der Waals surface area contributed by atoms with Gasteiger partial charge in [-0.05, 0) is 41.7 Å². The summed E-state index contributed by atoms with van der Waals surface area (Å²) in [5.74, 6) is 0.512. The minimum Gasteiger partial charge on any atom is -0.396 e. The van der Waals surface area contributed by atoms with Gasteiger partial charge in [0, 0.05) is 5.69 Å². The first-order chi connectivity index (χ1) is 12.0. The second-order valence-electron chi connectivity index (χ2n) is 5.90. The molecule has 0 aliphatic carbocycles. The van der Waals surface area contributed by atoms with Crippen molar-refractivity contribution in [3.05, 3.63) is 71.6 Å². The summed E-state index contributed by atoms with van der Waals surface area (Å²) in [7, 11) is 1.40. The highest BCUT2D eigenvalue weighted by Crippen LogP contribution is 2.17. The molecule has 0 aliphatic heterocycles. The highest BCUT2D eigenvalue weighted by atomic mass is 16.6. The summed E-state index contributed by atoms with van der Waals surface area (Å²) in [6.07, 6.45) is 1.03. The lowest BCUT2D eigenvalue weighted by Gasteiger charge is -2.10. The molecule has 1 amide bonds. The number of hydrogen-bond acceptors (Lipinski definition) is 4. The van der Waals surface area contributed by atoms with E-state index in [2.05, 4.69) is 24.3 Å². The Bertz CT molecular complexity index is 737. The molecule has 2 rings (SSSR count). The zero-order valence-corrected chi connectivity index (χ0v) is 14.9. The number of benzene rings is 2. The fourth-order valence-corrected chi connectivity index (χ4v) is 2.24. The van der Waals surface area contributed by atoms with Gasteiger partial charge in [-0.25, -0.2) is 4.79 Å². The van der Waals surface area contributed by atoms with E-state index < -0.39 is 6.09 Å². The Morgan fingerprint density at radius 2 is 1.80 bits per heavy atom. The first kappa shape index (κ1) is 18.5. The van der Waals surface area contributed by atoms with Gasteiger partial charge in [-0.3, -0.25) is 5.32 Å². The van der Waals surface area contributed by atoms with Crippen LogP contribution in [-0.2, 0) is 9.57 Å². The van der Waals surface area contributed by atoms with Crippen molar-refractivity contribution in [3.63, 3.8) is 0 Å². The van der Waals surface area contributed by atoms with E-state index in [1.54, 1.807) is 6.42 Å². The predicted molar refractivity (Wildman–Crippen MR) is 99.7 cm³/mol. The number of oxime groups is 1. The van der Waals surface area contributed by atoms with E-state index in [0.29, 0.717) is 11.6 Å². The second-order valence-corrected chi connectivity index (χ2v) is 5.90. The molecule has 0 saturated carbocycles. The van der Waals surface area contributed by atoms with Crippen molar-refractivity contribution in [2.75, 3.05) is 12.4 Å². The van der Waals surface area contributed by atoms with Crippen molar-refractivity contribution in [2.45, 2.75) is 26.7 Å². The van der Waals surface area contributed by atoms with Crippen molar-refractivity contribution >= 4 is 17.7 Å². The normalized spacial score (nSPS) is 11.3. The van der Waals surface area contributed by atoms with Gasteiger partial charge in [-0.2, -0.15) is 0 Å². The zero-order valence-electron chi connectivity index (χ0n) is 14.9. The SMILES string of the molecule is CON=C([CH]c1ccccc1C)OC(=O)Nc1ccc(C(C)C)cc1. The molecule has 25 heavy (non-hydrogen) atoms. The number of aryl methyl sites for hydroxylation is 1. The van der Waals surface area contributed by atoms with Crippen LogP contribution in [0.2, 0.25) is 0 Å². The third kappa shape index (κ3) is 5.64. The number of hydrogen-bond donors (Lipinski definition) is 1. The van der Waals surface area contributed by atoms with Gasteiger partial charge in [0.05, 0.1) is 6.42 Å². The molecule has 0 saturated heterocycles. The lowest BCUT2D eigenvalue weighted by molar-refractivity contribution is 0.188. The van der Waals surface area contributed by atoms with Crippen molar-refractivity contribution in [1.29, 1.82) is 0 Å². The van der Waals surface area contributed by atoms with E-state index in [4.69, 9.17) is 9.57 Å². The van der Waals surface area contributed by atoms with Gasteiger partial charge >= 0.3 is 6.09 Å². The fourth-order valence-electron chi connectivity index (χ4n) is 2.24. The number of rotatable bonds is 5. The Morgan fingerprint density at radius 1 is 1.12 bits per heavy atom. The Kier molecular flexibility index (Phi) is 6.57. The summed E-state index contributed by atoms with van der Waals surface area (Å²) in [4.78, 5) is 16.9. The largest absolute Gasteiger partial charge is 0.418 e. The van der Waals surface area contributed by atoms with Gasteiger partial charge in [0.25, 0.3) is 0 Å². The maximum absolute atomic E-state index is 12.1. The first-order valence-corrected chi connectivity index (χ1v) is 8.10. The molecule has 0 fully saturated rings.